The smallest absolute Gasteiger partial charge is 0.228 e. The largest absolute Gasteiger partial charge is 0.326 e. The molecular weight excluding hydrogens is 418 g/mol. The Morgan fingerprint density at radius 2 is 1.59 bits per heavy atom. The van der Waals surface area contributed by atoms with E-state index in [1.54, 1.807) is 12.1 Å². The van der Waals surface area contributed by atoms with E-state index in [4.69, 9.17) is 17.0 Å². The lowest BCUT2D eigenvalue weighted by molar-refractivity contribution is -0.115. The summed E-state index contributed by atoms with van der Waals surface area (Å²) in [5.74, 6) is -0.109. The zero-order valence-corrected chi connectivity index (χ0v) is 18.6. The number of allylic oxidation sites excluding steroid dienone is 3. The average molecular weight is 442 g/mol. The summed E-state index contributed by atoms with van der Waals surface area (Å²) in [5.41, 5.74) is 6.12. The molecule has 0 fully saturated rings. The minimum Gasteiger partial charge on any atom is -0.326 e. The second kappa shape index (κ2) is 11.0. The number of nitrogens with zero attached hydrogens (tertiary/aromatic N) is 1. The molecule has 0 spiro atoms. The third-order valence-electron chi connectivity index (χ3n) is 4.81. The van der Waals surface area contributed by atoms with Gasteiger partial charge in [0.15, 0.2) is 0 Å². The molecule has 0 saturated heterocycles. The number of aliphatic imine (C=N–C) groups is 1. The van der Waals surface area contributed by atoms with Crippen LogP contribution in [0.3, 0.4) is 0 Å². The lowest BCUT2D eigenvalue weighted by atomic mass is 10.0. The van der Waals surface area contributed by atoms with Gasteiger partial charge in [0.05, 0.1) is 12.1 Å². The molecular formula is C27H24ClN3O. The summed E-state index contributed by atoms with van der Waals surface area (Å²) in [5, 5.41) is 10.9. The highest BCUT2D eigenvalue weighted by molar-refractivity contribution is 6.30. The van der Waals surface area contributed by atoms with Crippen LogP contribution < -0.4 is 5.32 Å². The molecule has 5 heteroatoms. The van der Waals surface area contributed by atoms with E-state index >= 15 is 0 Å². The molecule has 0 aliphatic carbocycles. The zero-order chi connectivity index (χ0) is 22.9. The SMILES string of the molecule is C=C(/C=C/C(=N\C=N)c1ccc(NC(=O)Cc2ccc(Cl)cc2)cc1)c1ccc(C)cc1. The van der Waals surface area contributed by atoms with Crippen LogP contribution in [0.25, 0.3) is 5.57 Å². The number of halogens is 1. The van der Waals surface area contributed by atoms with Crippen molar-refractivity contribution in [3.05, 3.63) is 119 Å². The molecule has 2 N–H and O–H groups in total. The van der Waals surface area contributed by atoms with Crippen LogP contribution in [0.1, 0.15) is 22.3 Å². The quantitative estimate of drug-likeness (QED) is 0.234. The van der Waals surface area contributed by atoms with Crippen LogP contribution in [0.15, 0.2) is 96.5 Å². The molecule has 3 aromatic rings. The van der Waals surface area contributed by atoms with E-state index in [1.165, 1.54) is 5.56 Å². The van der Waals surface area contributed by atoms with Crippen molar-refractivity contribution in [2.24, 2.45) is 4.99 Å². The van der Waals surface area contributed by atoms with Gasteiger partial charge in [-0.1, -0.05) is 78.4 Å². The third-order valence-corrected chi connectivity index (χ3v) is 5.06. The van der Waals surface area contributed by atoms with Crippen molar-refractivity contribution in [3.63, 3.8) is 0 Å². The summed E-state index contributed by atoms with van der Waals surface area (Å²) in [7, 11) is 0. The van der Waals surface area contributed by atoms with Crippen molar-refractivity contribution < 1.29 is 4.79 Å². The first kappa shape index (κ1) is 22.9. The standard InChI is InChI=1S/C27H24ClN3O/c1-19-3-8-22(9-4-19)20(2)5-16-26(30-18-29)23-10-14-25(15-11-23)31-27(32)17-21-6-12-24(28)13-7-21/h3-16,18,29H,2,17H2,1H3,(H,31,32)/b16-5+,29-18?,30-26+. The van der Waals surface area contributed by atoms with E-state index in [2.05, 4.69) is 16.9 Å². The Balaban J connectivity index is 1.66. The Hall–Kier alpha value is -3.76. The molecule has 0 atom stereocenters. The second-order valence-electron chi connectivity index (χ2n) is 7.30. The number of hydrogen-bond acceptors (Lipinski definition) is 2. The molecule has 0 heterocycles. The number of carbonyl (C=O) groups excluding carboxylic acids is 1. The lowest BCUT2D eigenvalue weighted by Gasteiger charge is -2.07. The first-order valence-electron chi connectivity index (χ1n) is 10.1. The number of benzene rings is 3. The predicted molar refractivity (Wildman–Crippen MR) is 135 cm³/mol. The number of anilines is 1. The monoisotopic (exact) mass is 441 g/mol. The van der Waals surface area contributed by atoms with Gasteiger partial charge in [-0.05, 0) is 54.0 Å². The Morgan fingerprint density at radius 3 is 2.22 bits per heavy atom. The first-order chi connectivity index (χ1) is 15.4. The van der Waals surface area contributed by atoms with Gasteiger partial charge >= 0.3 is 0 Å². The van der Waals surface area contributed by atoms with Crippen LogP contribution in [-0.2, 0) is 11.2 Å². The van der Waals surface area contributed by atoms with Crippen LogP contribution >= 0.6 is 11.6 Å². The molecule has 160 valence electrons. The predicted octanol–water partition coefficient (Wildman–Crippen LogP) is 6.50. The number of nitrogens with one attached hydrogen (secondary N) is 2. The maximum absolute atomic E-state index is 12.3. The molecule has 1 amide bonds. The van der Waals surface area contributed by atoms with E-state index in [1.807, 2.05) is 79.7 Å². The van der Waals surface area contributed by atoms with Crippen molar-refractivity contribution in [1.29, 1.82) is 5.41 Å². The van der Waals surface area contributed by atoms with Crippen molar-refractivity contribution in [1.82, 2.24) is 0 Å². The van der Waals surface area contributed by atoms with Gasteiger partial charge < -0.3 is 5.32 Å². The van der Waals surface area contributed by atoms with Crippen LogP contribution in [0.2, 0.25) is 5.02 Å². The van der Waals surface area contributed by atoms with Gasteiger partial charge in [0, 0.05) is 16.3 Å². The fraction of sp³-hybridized carbons (Fsp3) is 0.0741. The molecule has 3 rings (SSSR count). The van der Waals surface area contributed by atoms with Gasteiger partial charge in [-0.15, -0.1) is 0 Å². The molecule has 0 saturated carbocycles. The van der Waals surface area contributed by atoms with Gasteiger partial charge in [0.2, 0.25) is 5.91 Å². The first-order valence-corrected chi connectivity index (χ1v) is 10.5. The number of rotatable bonds is 8. The van der Waals surface area contributed by atoms with E-state index < -0.39 is 0 Å². The van der Waals surface area contributed by atoms with Crippen molar-refractivity contribution in [2.45, 2.75) is 13.3 Å². The van der Waals surface area contributed by atoms with E-state index in [-0.39, 0.29) is 12.3 Å². The highest BCUT2D eigenvalue weighted by Gasteiger charge is 2.06. The minimum atomic E-state index is -0.109. The Bertz CT molecular complexity index is 1160. The summed E-state index contributed by atoms with van der Waals surface area (Å²) in [4.78, 5) is 16.5. The molecule has 32 heavy (non-hydrogen) atoms. The van der Waals surface area contributed by atoms with E-state index in [0.29, 0.717) is 16.4 Å². The van der Waals surface area contributed by atoms with Crippen molar-refractivity contribution >= 4 is 40.8 Å². The fourth-order valence-corrected chi connectivity index (χ4v) is 3.17. The van der Waals surface area contributed by atoms with Crippen molar-refractivity contribution in [3.8, 4) is 0 Å². The number of aryl methyl sites for hydroxylation is 1. The molecule has 4 nitrogen and oxygen atoms in total. The summed E-state index contributed by atoms with van der Waals surface area (Å²) >= 11 is 5.88. The third kappa shape index (κ3) is 6.62. The topological polar surface area (TPSA) is 65.3 Å². The van der Waals surface area contributed by atoms with Crippen LogP contribution in [0.4, 0.5) is 5.69 Å². The second-order valence-corrected chi connectivity index (χ2v) is 7.73. The zero-order valence-electron chi connectivity index (χ0n) is 17.8. The van der Waals surface area contributed by atoms with Gasteiger partial charge in [-0.2, -0.15) is 0 Å². The maximum atomic E-state index is 12.3. The lowest BCUT2D eigenvalue weighted by Crippen LogP contribution is -2.14. The molecule has 3 aromatic carbocycles. The number of amides is 1. The van der Waals surface area contributed by atoms with Gasteiger partial charge in [-0.3, -0.25) is 10.2 Å². The summed E-state index contributed by atoms with van der Waals surface area (Å²) in [6.45, 7) is 6.16. The minimum absolute atomic E-state index is 0.109. The number of carbonyl (C=O) groups is 1. The molecule has 0 aromatic heterocycles. The molecule has 0 unspecified atom stereocenters. The Labute approximate surface area is 193 Å². The highest BCUT2D eigenvalue weighted by Crippen LogP contribution is 2.17. The molecule has 0 bridgehead atoms. The Morgan fingerprint density at radius 1 is 0.969 bits per heavy atom. The number of hydrogen-bond donors (Lipinski definition) is 2. The Kier molecular flexibility index (Phi) is 7.90. The maximum Gasteiger partial charge on any atom is 0.228 e. The van der Waals surface area contributed by atoms with Gasteiger partial charge in [-0.25, -0.2) is 4.99 Å². The fourth-order valence-electron chi connectivity index (χ4n) is 3.04. The summed E-state index contributed by atoms with van der Waals surface area (Å²) in [6.07, 6.45) is 5.00. The van der Waals surface area contributed by atoms with E-state index in [9.17, 15) is 4.79 Å². The summed E-state index contributed by atoms with van der Waals surface area (Å²) < 4.78 is 0. The molecule has 0 aliphatic heterocycles. The van der Waals surface area contributed by atoms with Crippen LogP contribution in [-0.4, -0.2) is 18.0 Å². The molecule has 0 radical (unpaired) electrons. The van der Waals surface area contributed by atoms with Gasteiger partial charge in [0.1, 0.15) is 6.34 Å². The summed E-state index contributed by atoms with van der Waals surface area (Å²) in [6, 6.07) is 22.7. The van der Waals surface area contributed by atoms with Gasteiger partial charge in [0.25, 0.3) is 0 Å². The average Bonchev–Trinajstić information content (AvgIpc) is 2.79. The van der Waals surface area contributed by atoms with Crippen LogP contribution in [0, 0.1) is 12.3 Å². The highest BCUT2D eigenvalue weighted by atomic mass is 35.5. The normalized spacial score (nSPS) is 11.4. The van der Waals surface area contributed by atoms with Crippen molar-refractivity contribution in [2.75, 3.05) is 5.32 Å². The van der Waals surface area contributed by atoms with Crippen LogP contribution in [0.5, 0.6) is 0 Å². The molecule has 0 aliphatic rings. The van der Waals surface area contributed by atoms with E-state index in [0.717, 1.165) is 28.6 Å².